The molecule has 0 radical (unpaired) electrons. The molecule has 0 aromatic rings. The molecule has 0 aromatic carbocycles. The van der Waals surface area contributed by atoms with Gasteiger partial charge in [-0.3, -0.25) is 0 Å². The van der Waals surface area contributed by atoms with Gasteiger partial charge >= 0.3 is 60.7 Å². The Morgan fingerprint density at radius 3 is 0.571 bits per heavy atom. The van der Waals surface area contributed by atoms with Crippen molar-refractivity contribution in [1.29, 1.82) is 0 Å². The average Bonchev–Trinajstić information content (AvgIpc) is 0.592. The Labute approximate surface area is 59.5 Å². The molecule has 0 saturated carbocycles. The van der Waals surface area contributed by atoms with E-state index in [4.69, 9.17) is 49.9 Å². The van der Waals surface area contributed by atoms with Crippen molar-refractivity contribution in [1.82, 2.24) is 0 Å². The molecule has 0 amide bonds. The maximum atomic E-state index is 5.08. The zero-order valence-corrected chi connectivity index (χ0v) is 11.5. The first kappa shape index (κ1) is 9.66. The van der Waals surface area contributed by atoms with Crippen LogP contribution in [0.2, 0.25) is 0 Å². The van der Waals surface area contributed by atoms with Gasteiger partial charge in [0.15, 0.2) is 0 Å². The molecule has 7 heteroatoms. The van der Waals surface area contributed by atoms with Crippen LogP contribution in [0.1, 0.15) is 0 Å². The number of hydrogen-bond acceptors (Lipinski definition) is 0. The molecule has 0 nitrogen and oxygen atoms in total. The quantitative estimate of drug-likeness (QED) is 0.588. The predicted octanol–water partition coefficient (Wildman–Crippen LogP) is 4.13. The van der Waals surface area contributed by atoms with Crippen molar-refractivity contribution in [3.63, 3.8) is 0 Å². The van der Waals surface area contributed by atoms with E-state index in [2.05, 4.69) is 0 Å². The van der Waals surface area contributed by atoms with E-state index in [0.29, 0.717) is 0 Å². The van der Waals surface area contributed by atoms with E-state index in [1.165, 1.54) is 0 Å². The van der Waals surface area contributed by atoms with Crippen LogP contribution in [0.4, 0.5) is 0 Å². The van der Waals surface area contributed by atoms with Crippen molar-refractivity contribution in [2.45, 2.75) is 0 Å². The molecule has 0 aliphatic heterocycles. The summed E-state index contributed by atoms with van der Waals surface area (Å²) >= 11 is 0. The zero-order valence-electron chi connectivity index (χ0n) is 2.97. The van der Waals surface area contributed by atoms with Crippen LogP contribution in [0, 0.1) is 0 Å². The fourth-order valence-electron chi connectivity index (χ4n) is 0. The minimum atomic E-state index is -5.62. The Kier molecular flexibility index (Phi) is 2.25. The first-order valence-electron chi connectivity index (χ1n) is 1.60. The van der Waals surface area contributed by atoms with Gasteiger partial charge < -0.3 is 0 Å². The molecule has 0 fully saturated rings. The molecule has 0 rings (SSSR count). The summed E-state index contributed by atoms with van der Waals surface area (Å²) in [5.74, 6) is 0. The summed E-state index contributed by atoms with van der Waals surface area (Å²) in [6, 6.07) is 0. The summed E-state index contributed by atoms with van der Waals surface area (Å²) in [4.78, 5) is 0. The summed E-state index contributed by atoms with van der Waals surface area (Å²) < 4.78 is 0. The first-order valence-corrected chi connectivity index (χ1v) is 32.3. The van der Waals surface area contributed by atoms with E-state index in [0.717, 1.165) is 0 Å². The molecule has 0 atom stereocenters. The first-order chi connectivity index (χ1) is 2.45. The van der Waals surface area contributed by atoms with Gasteiger partial charge in [0, 0.05) is 0 Å². The fourth-order valence-corrected chi connectivity index (χ4v) is 0. The van der Waals surface area contributed by atoms with Gasteiger partial charge in [-0.15, -0.1) is 0 Å². The number of rotatable bonds is 0. The molecular formula is CdCl6. The van der Waals surface area contributed by atoms with Crippen molar-refractivity contribution in [3.05, 3.63) is 0 Å². The van der Waals surface area contributed by atoms with Crippen molar-refractivity contribution in [2.24, 2.45) is 0 Å². The third kappa shape index (κ3) is 54.3. The molecule has 0 spiro atoms. The third-order valence-corrected chi connectivity index (χ3v) is 0. The molecule has 0 heterocycles. The van der Waals surface area contributed by atoms with Gasteiger partial charge in [-0.2, -0.15) is 0 Å². The number of halogens is 6. The van der Waals surface area contributed by atoms with E-state index in [-0.39, 0.29) is 0 Å². The SMILES string of the molecule is [Cl][Cd]([Cl])([Cl])([Cl])([Cl])[Cl]. The summed E-state index contributed by atoms with van der Waals surface area (Å²) in [6.07, 6.45) is 0. The van der Waals surface area contributed by atoms with Crippen LogP contribution in [0.3, 0.4) is 0 Å². The third-order valence-electron chi connectivity index (χ3n) is 0. The van der Waals surface area contributed by atoms with Gasteiger partial charge in [-0.05, 0) is 0 Å². The van der Waals surface area contributed by atoms with Crippen molar-refractivity contribution in [3.8, 4) is 0 Å². The number of hydrogen-bond donors (Lipinski definition) is 0. The molecule has 0 aliphatic carbocycles. The maximum absolute atomic E-state index is 5.62. The summed E-state index contributed by atoms with van der Waals surface area (Å²) in [5.41, 5.74) is 0. The molecule has 0 saturated heterocycles. The minimum absolute atomic E-state index is 5.08. The van der Waals surface area contributed by atoms with Crippen molar-refractivity contribution < 1.29 is 10.8 Å². The van der Waals surface area contributed by atoms with Gasteiger partial charge in [-0.25, -0.2) is 0 Å². The predicted molar refractivity (Wildman–Crippen MR) is 35.1 cm³/mol. The molecule has 7 heavy (non-hydrogen) atoms. The van der Waals surface area contributed by atoms with Crippen LogP contribution in [0.15, 0.2) is 0 Å². The Bertz CT molecular complexity index is 62.7. The summed E-state index contributed by atoms with van der Waals surface area (Å²) in [7, 11) is 24.9. The van der Waals surface area contributed by atoms with E-state index in [1.54, 1.807) is 0 Å². The molecule has 0 aromatic heterocycles. The van der Waals surface area contributed by atoms with Crippen LogP contribution in [-0.2, 0) is 10.8 Å². The zero-order chi connectivity index (χ0) is 6.41. The van der Waals surface area contributed by atoms with E-state index in [1.807, 2.05) is 0 Å². The van der Waals surface area contributed by atoms with Gasteiger partial charge in [0.1, 0.15) is 0 Å². The van der Waals surface area contributed by atoms with Gasteiger partial charge in [0.2, 0.25) is 0 Å². The molecule has 0 bridgehead atoms. The summed E-state index contributed by atoms with van der Waals surface area (Å²) in [5, 5.41) is 0. The topological polar surface area (TPSA) is 0 Å². The molecule has 0 aliphatic rings. The van der Waals surface area contributed by atoms with Gasteiger partial charge in [0.05, 0.1) is 0 Å². The standard InChI is InChI=1S/Cd.6ClH/h;6*1H/q+6;;;;;;/p-6. The molecule has 0 N–H and O–H groups in total. The van der Waals surface area contributed by atoms with Crippen LogP contribution >= 0.6 is 49.9 Å². The Hall–Kier alpha value is 2.66. The Morgan fingerprint density at radius 1 is 0.571 bits per heavy atom. The van der Waals surface area contributed by atoms with E-state index in [9.17, 15) is 0 Å². The normalized spacial score (nSPS) is 18.0. The van der Waals surface area contributed by atoms with Crippen LogP contribution < -0.4 is 0 Å². The van der Waals surface area contributed by atoms with Crippen molar-refractivity contribution >= 4 is 49.9 Å². The fraction of sp³-hybridized carbons (Fsp3) is 0. The second-order valence-electron chi connectivity index (χ2n) is 1.52. The summed E-state index contributed by atoms with van der Waals surface area (Å²) in [6.45, 7) is 0. The van der Waals surface area contributed by atoms with Crippen LogP contribution in [0.25, 0.3) is 0 Å². The van der Waals surface area contributed by atoms with Crippen LogP contribution in [-0.4, -0.2) is 0 Å². The monoisotopic (exact) mass is 324 g/mol. The second-order valence-corrected chi connectivity index (χ2v) is 91.5. The molecule has 44 valence electrons. The second kappa shape index (κ2) is 1.63. The van der Waals surface area contributed by atoms with E-state index < -0.39 is 10.8 Å². The Morgan fingerprint density at radius 2 is 0.571 bits per heavy atom. The van der Waals surface area contributed by atoms with Crippen molar-refractivity contribution in [2.75, 3.05) is 0 Å². The van der Waals surface area contributed by atoms with Gasteiger partial charge in [-0.1, -0.05) is 0 Å². The van der Waals surface area contributed by atoms with E-state index >= 15 is 0 Å². The molecule has 0 unspecified atom stereocenters. The van der Waals surface area contributed by atoms with Crippen LogP contribution in [0.5, 0.6) is 0 Å². The van der Waals surface area contributed by atoms with Gasteiger partial charge in [0.25, 0.3) is 0 Å². The average molecular weight is 325 g/mol. The Balaban J connectivity index is 4.43. The molecular weight excluding hydrogens is 325 g/mol.